The Morgan fingerprint density at radius 2 is 2.00 bits per heavy atom. The number of nitrogens with one attached hydrogen (secondary N) is 2. The highest BCUT2D eigenvalue weighted by Crippen LogP contribution is 2.18. The smallest absolute Gasteiger partial charge is 0.282 e. The second-order valence-electron chi connectivity index (χ2n) is 6.29. The molecule has 0 aliphatic rings. The van der Waals surface area contributed by atoms with Crippen molar-refractivity contribution < 1.29 is 18.1 Å². The van der Waals surface area contributed by atoms with Gasteiger partial charge in [0, 0.05) is 19.8 Å². The summed E-state index contributed by atoms with van der Waals surface area (Å²) < 4.78 is 25.6. The van der Waals surface area contributed by atoms with Gasteiger partial charge in [0.1, 0.15) is 6.54 Å². The summed E-state index contributed by atoms with van der Waals surface area (Å²) in [4.78, 5) is 15.2. The number of carbonyl (C=O) groups excluding carboxylic acids is 1. The molecule has 6 nitrogen and oxygen atoms in total. The number of amides is 1. The zero-order chi connectivity index (χ0) is 19.3. The maximum Gasteiger partial charge on any atom is 0.282 e. The fraction of sp³-hybridized carbons (Fsp3) is 0.389. The number of quaternary nitrogens is 1. The average molecular weight is 397 g/mol. The van der Waals surface area contributed by atoms with Crippen LogP contribution in [0.5, 0.6) is 0 Å². The van der Waals surface area contributed by atoms with Crippen molar-refractivity contribution >= 4 is 33.0 Å². The van der Waals surface area contributed by atoms with Crippen LogP contribution < -0.4 is 10.2 Å². The minimum atomic E-state index is -3.53. The van der Waals surface area contributed by atoms with Gasteiger partial charge in [-0.15, -0.1) is 11.3 Å². The van der Waals surface area contributed by atoms with Crippen molar-refractivity contribution in [2.24, 2.45) is 0 Å². The Kier molecular flexibility index (Phi) is 6.94. The standard InChI is InChI=1S/C18H25N3O3S2/c1-5-21(13-16-9-7-11-25-16)14(2)18(22)19-15-8-6-10-17(12-15)26(23,24)20(3)4/h6-12,14H,5,13H2,1-4H3,(H,19,22)/p+1/t14-/m1/s1. The predicted octanol–water partition coefficient (Wildman–Crippen LogP) is 1.43. The van der Waals surface area contributed by atoms with Crippen LogP contribution in [-0.2, 0) is 21.4 Å². The van der Waals surface area contributed by atoms with Crippen LogP contribution in [0, 0.1) is 0 Å². The molecule has 2 aromatic rings. The van der Waals surface area contributed by atoms with Gasteiger partial charge >= 0.3 is 0 Å². The molecule has 1 amide bonds. The molecule has 0 aliphatic heterocycles. The highest BCUT2D eigenvalue weighted by Gasteiger charge is 2.25. The van der Waals surface area contributed by atoms with Gasteiger partial charge in [0.05, 0.1) is 16.3 Å². The van der Waals surface area contributed by atoms with Crippen molar-refractivity contribution in [2.75, 3.05) is 26.0 Å². The number of hydrogen-bond acceptors (Lipinski definition) is 4. The molecule has 0 saturated carbocycles. The monoisotopic (exact) mass is 396 g/mol. The van der Waals surface area contributed by atoms with Crippen molar-refractivity contribution in [1.29, 1.82) is 0 Å². The summed E-state index contributed by atoms with van der Waals surface area (Å²) in [6.45, 7) is 5.55. The third kappa shape index (κ3) is 4.91. The molecule has 0 radical (unpaired) electrons. The maximum atomic E-state index is 12.6. The Labute approximate surface area is 159 Å². The molecule has 0 bridgehead atoms. The minimum Gasteiger partial charge on any atom is -0.321 e. The van der Waals surface area contributed by atoms with Crippen molar-refractivity contribution in [3.63, 3.8) is 0 Å². The van der Waals surface area contributed by atoms with E-state index in [1.54, 1.807) is 23.5 Å². The number of hydrogen-bond donors (Lipinski definition) is 2. The third-order valence-corrected chi connectivity index (χ3v) is 7.01. The van der Waals surface area contributed by atoms with Gasteiger partial charge in [0.2, 0.25) is 10.0 Å². The number of sulfonamides is 1. The number of likely N-dealkylation sites (N-methyl/N-ethyl adjacent to an activating group) is 1. The summed E-state index contributed by atoms with van der Waals surface area (Å²) in [5, 5.41) is 4.88. The van der Waals surface area contributed by atoms with Crippen LogP contribution in [0.2, 0.25) is 0 Å². The van der Waals surface area contributed by atoms with Crippen LogP contribution in [0.1, 0.15) is 18.7 Å². The average Bonchev–Trinajstić information content (AvgIpc) is 3.12. The lowest BCUT2D eigenvalue weighted by atomic mass is 10.2. The largest absolute Gasteiger partial charge is 0.321 e. The molecular weight excluding hydrogens is 370 g/mol. The zero-order valence-electron chi connectivity index (χ0n) is 15.5. The molecular formula is C18H26N3O3S2+. The SMILES string of the molecule is CC[NH+](Cc1cccs1)[C@H](C)C(=O)Nc1cccc(S(=O)(=O)N(C)C)c1. The van der Waals surface area contributed by atoms with Gasteiger partial charge < -0.3 is 10.2 Å². The summed E-state index contributed by atoms with van der Waals surface area (Å²) in [6.07, 6.45) is 0. The van der Waals surface area contributed by atoms with Crippen LogP contribution in [0.4, 0.5) is 5.69 Å². The zero-order valence-corrected chi connectivity index (χ0v) is 17.2. The van der Waals surface area contributed by atoms with Gasteiger partial charge in [-0.1, -0.05) is 12.1 Å². The quantitative estimate of drug-likeness (QED) is 0.709. The summed E-state index contributed by atoms with van der Waals surface area (Å²) in [5.74, 6) is -0.127. The van der Waals surface area contributed by atoms with E-state index in [2.05, 4.69) is 18.3 Å². The van der Waals surface area contributed by atoms with Gasteiger partial charge in [-0.2, -0.15) is 0 Å². The number of nitrogens with zero attached hydrogens (tertiary/aromatic N) is 1. The van der Waals surface area contributed by atoms with Crippen LogP contribution >= 0.6 is 11.3 Å². The summed E-state index contributed by atoms with van der Waals surface area (Å²) in [6, 6.07) is 10.2. The van der Waals surface area contributed by atoms with E-state index < -0.39 is 10.0 Å². The lowest BCUT2D eigenvalue weighted by molar-refractivity contribution is -0.925. The molecule has 0 fully saturated rings. The molecule has 8 heteroatoms. The predicted molar refractivity (Wildman–Crippen MR) is 105 cm³/mol. The molecule has 1 unspecified atom stereocenters. The van der Waals surface area contributed by atoms with Crippen LogP contribution in [0.15, 0.2) is 46.7 Å². The Hall–Kier alpha value is -1.74. The first-order chi connectivity index (χ1) is 12.3. The Bertz CT molecular complexity index is 833. The van der Waals surface area contributed by atoms with E-state index in [9.17, 15) is 13.2 Å². The van der Waals surface area contributed by atoms with Crippen molar-refractivity contribution in [1.82, 2.24) is 4.31 Å². The Morgan fingerprint density at radius 1 is 1.27 bits per heavy atom. The van der Waals surface area contributed by atoms with E-state index in [-0.39, 0.29) is 16.8 Å². The van der Waals surface area contributed by atoms with E-state index in [1.165, 1.54) is 31.1 Å². The number of rotatable bonds is 8. The molecule has 0 aliphatic carbocycles. The normalized spacial score (nSPS) is 14.2. The molecule has 1 heterocycles. The van der Waals surface area contributed by atoms with Gasteiger partial charge in [-0.3, -0.25) is 4.79 Å². The van der Waals surface area contributed by atoms with Crippen molar-refractivity contribution in [3.8, 4) is 0 Å². The van der Waals surface area contributed by atoms with Gasteiger partial charge in [0.25, 0.3) is 5.91 Å². The third-order valence-electron chi connectivity index (χ3n) is 4.32. The lowest BCUT2D eigenvalue weighted by Crippen LogP contribution is -3.15. The fourth-order valence-electron chi connectivity index (χ4n) is 2.60. The minimum absolute atomic E-state index is 0.127. The molecule has 1 aromatic carbocycles. The van der Waals surface area contributed by atoms with E-state index >= 15 is 0 Å². The van der Waals surface area contributed by atoms with Gasteiger partial charge in [-0.25, -0.2) is 12.7 Å². The van der Waals surface area contributed by atoms with E-state index in [4.69, 9.17) is 0 Å². The van der Waals surface area contributed by atoms with Gasteiger partial charge in [-0.05, 0) is 43.5 Å². The first kappa shape index (κ1) is 20.6. The van der Waals surface area contributed by atoms with Crippen LogP contribution in [0.25, 0.3) is 0 Å². The van der Waals surface area contributed by atoms with E-state index in [0.717, 1.165) is 22.3 Å². The molecule has 142 valence electrons. The summed E-state index contributed by atoms with van der Waals surface area (Å²) in [5.41, 5.74) is 0.483. The first-order valence-electron chi connectivity index (χ1n) is 8.46. The summed E-state index contributed by atoms with van der Waals surface area (Å²) >= 11 is 1.68. The highest BCUT2D eigenvalue weighted by molar-refractivity contribution is 7.89. The second kappa shape index (κ2) is 8.77. The van der Waals surface area contributed by atoms with Crippen LogP contribution in [-0.4, -0.2) is 45.3 Å². The number of benzene rings is 1. The topological polar surface area (TPSA) is 70.9 Å². The molecule has 0 saturated heterocycles. The lowest BCUT2D eigenvalue weighted by Gasteiger charge is -2.23. The summed E-state index contributed by atoms with van der Waals surface area (Å²) in [7, 11) is -0.569. The molecule has 0 spiro atoms. The number of thiophene rings is 1. The second-order valence-corrected chi connectivity index (χ2v) is 9.48. The Morgan fingerprint density at radius 3 is 2.58 bits per heavy atom. The van der Waals surface area contributed by atoms with E-state index in [1.807, 2.05) is 18.4 Å². The van der Waals surface area contributed by atoms with Crippen molar-refractivity contribution in [3.05, 3.63) is 46.7 Å². The molecule has 2 atom stereocenters. The maximum absolute atomic E-state index is 12.6. The highest BCUT2D eigenvalue weighted by atomic mass is 32.2. The number of carbonyl (C=O) groups is 1. The fourth-order valence-corrected chi connectivity index (χ4v) is 4.31. The Balaban J connectivity index is 2.11. The first-order valence-corrected chi connectivity index (χ1v) is 10.8. The number of anilines is 1. The molecule has 26 heavy (non-hydrogen) atoms. The van der Waals surface area contributed by atoms with E-state index in [0.29, 0.717) is 5.69 Å². The molecule has 2 rings (SSSR count). The molecule has 2 N–H and O–H groups in total. The van der Waals surface area contributed by atoms with Gasteiger partial charge in [0.15, 0.2) is 6.04 Å². The van der Waals surface area contributed by atoms with Crippen molar-refractivity contribution in [2.45, 2.75) is 31.3 Å². The van der Waals surface area contributed by atoms with Crippen LogP contribution in [0.3, 0.4) is 0 Å². The molecule has 1 aromatic heterocycles.